The fourth-order valence-corrected chi connectivity index (χ4v) is 5.88. The molecule has 0 aromatic heterocycles. The molecule has 0 bridgehead atoms. The standard InChI is InChI=1S/C30H31N3O4S/c1-20-7-4-9-23(17-20)28-27(22-12-14-26(15-13-22)38(3,36)37)31-29(24-10-5-8-21(2)18-24)33(28)30(35)32-16-6-11-25(34)19-32/h4-5,7-10,12-15,17-18,27-28H,6,11,16,19H2,1-3H3. The molecule has 8 heteroatoms. The number of carbonyl (C=O) groups is 2. The first-order valence-electron chi connectivity index (χ1n) is 12.7. The van der Waals surface area contributed by atoms with Gasteiger partial charge in [-0.05, 0) is 49.6 Å². The maximum absolute atomic E-state index is 14.2. The topological polar surface area (TPSA) is 87.1 Å². The van der Waals surface area contributed by atoms with E-state index in [1.54, 1.807) is 34.1 Å². The molecule has 1 saturated heterocycles. The van der Waals surface area contributed by atoms with Crippen LogP contribution < -0.4 is 0 Å². The minimum absolute atomic E-state index is 0.0536. The van der Waals surface area contributed by atoms with E-state index in [-0.39, 0.29) is 23.3 Å². The lowest BCUT2D eigenvalue weighted by molar-refractivity contribution is -0.121. The molecule has 2 amide bonds. The molecule has 3 aromatic carbocycles. The van der Waals surface area contributed by atoms with Crippen molar-refractivity contribution in [3.63, 3.8) is 0 Å². The van der Waals surface area contributed by atoms with E-state index in [0.717, 1.165) is 27.8 Å². The van der Waals surface area contributed by atoms with Crippen LogP contribution in [0.3, 0.4) is 0 Å². The van der Waals surface area contributed by atoms with E-state index in [1.807, 2.05) is 56.3 Å². The molecule has 38 heavy (non-hydrogen) atoms. The number of likely N-dealkylation sites (tertiary alicyclic amines) is 1. The molecule has 2 heterocycles. The van der Waals surface area contributed by atoms with Crippen molar-refractivity contribution in [2.75, 3.05) is 19.3 Å². The Morgan fingerprint density at radius 3 is 2.24 bits per heavy atom. The van der Waals surface area contributed by atoms with Gasteiger partial charge >= 0.3 is 6.03 Å². The van der Waals surface area contributed by atoms with Crippen LogP contribution in [-0.2, 0) is 14.6 Å². The summed E-state index contributed by atoms with van der Waals surface area (Å²) in [7, 11) is -3.36. The number of Topliss-reactive ketones (excluding diaryl/α,β-unsaturated/α-hetero) is 1. The highest BCUT2D eigenvalue weighted by Gasteiger charge is 2.44. The number of rotatable bonds is 4. The normalized spacial score (nSPS) is 20.0. The van der Waals surface area contributed by atoms with E-state index in [1.165, 1.54) is 6.26 Å². The summed E-state index contributed by atoms with van der Waals surface area (Å²) in [5.41, 5.74) is 4.64. The molecule has 0 N–H and O–H groups in total. The zero-order chi connectivity index (χ0) is 27.0. The molecular formula is C30H31N3O4S. The number of ketones is 1. The van der Waals surface area contributed by atoms with Gasteiger partial charge in [-0.1, -0.05) is 65.7 Å². The average Bonchev–Trinajstić information content (AvgIpc) is 3.28. The van der Waals surface area contributed by atoms with Crippen molar-refractivity contribution < 1.29 is 18.0 Å². The van der Waals surface area contributed by atoms with Gasteiger partial charge in [0.15, 0.2) is 15.6 Å². The molecule has 2 aliphatic rings. The summed E-state index contributed by atoms with van der Waals surface area (Å²) < 4.78 is 24.2. The maximum atomic E-state index is 14.2. The minimum Gasteiger partial charge on any atom is -0.317 e. The molecule has 3 aromatic rings. The Morgan fingerprint density at radius 2 is 1.61 bits per heavy atom. The number of sulfone groups is 1. The van der Waals surface area contributed by atoms with Gasteiger partial charge < -0.3 is 4.90 Å². The molecule has 7 nitrogen and oxygen atoms in total. The minimum atomic E-state index is -3.36. The predicted octanol–water partition coefficient (Wildman–Crippen LogP) is 5.04. The number of urea groups is 1. The van der Waals surface area contributed by atoms with Gasteiger partial charge in [-0.15, -0.1) is 0 Å². The van der Waals surface area contributed by atoms with Gasteiger partial charge in [0, 0.05) is 24.8 Å². The van der Waals surface area contributed by atoms with Gasteiger partial charge in [0.2, 0.25) is 0 Å². The zero-order valence-electron chi connectivity index (χ0n) is 21.8. The summed E-state index contributed by atoms with van der Waals surface area (Å²) in [5, 5.41) is 0. The second-order valence-electron chi connectivity index (χ2n) is 10.2. The Kier molecular flexibility index (Phi) is 6.92. The molecule has 0 spiro atoms. The third kappa shape index (κ3) is 5.13. The first-order chi connectivity index (χ1) is 18.1. The molecule has 1 fully saturated rings. The predicted molar refractivity (Wildman–Crippen MR) is 147 cm³/mol. The van der Waals surface area contributed by atoms with E-state index in [2.05, 4.69) is 6.07 Å². The quantitative estimate of drug-likeness (QED) is 0.474. The van der Waals surface area contributed by atoms with Gasteiger partial charge in [-0.3, -0.25) is 14.7 Å². The highest BCUT2D eigenvalue weighted by molar-refractivity contribution is 7.90. The lowest BCUT2D eigenvalue weighted by atomic mass is 9.93. The highest BCUT2D eigenvalue weighted by Crippen LogP contribution is 2.44. The van der Waals surface area contributed by atoms with Crippen LogP contribution in [0.1, 0.15) is 52.7 Å². The SMILES string of the molecule is Cc1cccc(C2=NC(c3ccc(S(C)(=O)=O)cc3)C(c3cccc(C)c3)N2C(=O)N2CCCC(=O)C2)c1. The number of hydrogen-bond acceptors (Lipinski definition) is 5. The van der Waals surface area contributed by atoms with Gasteiger partial charge in [-0.25, -0.2) is 13.2 Å². The summed E-state index contributed by atoms with van der Waals surface area (Å²) in [6.07, 6.45) is 2.31. The van der Waals surface area contributed by atoms with Crippen molar-refractivity contribution in [1.29, 1.82) is 0 Å². The third-order valence-corrected chi connectivity index (χ3v) is 8.23. The molecule has 2 unspecified atom stereocenters. The molecule has 0 radical (unpaired) electrons. The number of amides is 2. The van der Waals surface area contributed by atoms with Crippen molar-refractivity contribution >= 4 is 27.5 Å². The Labute approximate surface area is 223 Å². The highest BCUT2D eigenvalue weighted by atomic mass is 32.2. The van der Waals surface area contributed by atoms with Crippen LogP contribution in [0.15, 0.2) is 82.7 Å². The maximum Gasteiger partial charge on any atom is 0.326 e. The van der Waals surface area contributed by atoms with Crippen LogP contribution in [-0.4, -0.2) is 55.2 Å². The van der Waals surface area contributed by atoms with E-state index in [9.17, 15) is 18.0 Å². The van der Waals surface area contributed by atoms with Gasteiger partial charge in [0.05, 0.1) is 17.5 Å². The molecule has 0 saturated carbocycles. The van der Waals surface area contributed by atoms with Crippen LogP contribution in [0.5, 0.6) is 0 Å². The van der Waals surface area contributed by atoms with E-state index < -0.39 is 21.9 Å². The van der Waals surface area contributed by atoms with Crippen molar-refractivity contribution in [2.45, 2.75) is 43.7 Å². The first kappa shape index (κ1) is 25.9. The van der Waals surface area contributed by atoms with E-state index in [0.29, 0.717) is 25.2 Å². The molecule has 5 rings (SSSR count). The largest absolute Gasteiger partial charge is 0.326 e. The summed E-state index contributed by atoms with van der Waals surface area (Å²) in [6.45, 7) is 4.60. The van der Waals surface area contributed by atoms with E-state index >= 15 is 0 Å². The Bertz CT molecular complexity index is 1530. The van der Waals surface area contributed by atoms with Gasteiger partial charge in [-0.2, -0.15) is 0 Å². The number of carbonyl (C=O) groups excluding carboxylic acids is 2. The number of hydrogen-bond donors (Lipinski definition) is 0. The number of piperidine rings is 1. The average molecular weight is 530 g/mol. The second-order valence-corrected chi connectivity index (χ2v) is 12.2. The summed E-state index contributed by atoms with van der Waals surface area (Å²) in [6, 6.07) is 21.4. The fraction of sp³-hybridized carbons (Fsp3) is 0.300. The van der Waals surface area contributed by atoms with Crippen LogP contribution in [0.25, 0.3) is 0 Å². The lowest BCUT2D eigenvalue weighted by Gasteiger charge is -2.35. The second kappa shape index (κ2) is 10.2. The van der Waals surface area contributed by atoms with Crippen LogP contribution in [0.2, 0.25) is 0 Å². The van der Waals surface area contributed by atoms with Gasteiger partial charge in [0.1, 0.15) is 11.9 Å². The van der Waals surface area contributed by atoms with Gasteiger partial charge in [0.25, 0.3) is 0 Å². The number of benzene rings is 3. The number of aliphatic imine (C=N–C) groups is 1. The van der Waals surface area contributed by atoms with Crippen molar-refractivity contribution in [2.24, 2.45) is 4.99 Å². The molecule has 2 aliphatic heterocycles. The third-order valence-electron chi connectivity index (χ3n) is 7.10. The van der Waals surface area contributed by atoms with Crippen molar-refractivity contribution in [1.82, 2.24) is 9.80 Å². The monoisotopic (exact) mass is 529 g/mol. The van der Waals surface area contributed by atoms with E-state index in [4.69, 9.17) is 4.99 Å². The number of nitrogens with zero attached hydrogens (tertiary/aromatic N) is 3. The molecule has 2 atom stereocenters. The molecule has 0 aliphatic carbocycles. The van der Waals surface area contributed by atoms with Crippen molar-refractivity contribution in [3.05, 3.63) is 101 Å². The summed E-state index contributed by atoms with van der Waals surface area (Å²) >= 11 is 0. The van der Waals surface area contributed by atoms with Crippen LogP contribution >= 0.6 is 0 Å². The number of amidine groups is 1. The zero-order valence-corrected chi connectivity index (χ0v) is 22.6. The van der Waals surface area contributed by atoms with Crippen LogP contribution in [0.4, 0.5) is 4.79 Å². The Hall–Kier alpha value is -3.78. The van der Waals surface area contributed by atoms with Crippen molar-refractivity contribution in [3.8, 4) is 0 Å². The Morgan fingerprint density at radius 1 is 0.921 bits per heavy atom. The lowest BCUT2D eigenvalue weighted by Crippen LogP contribution is -2.50. The summed E-state index contributed by atoms with van der Waals surface area (Å²) in [5.74, 6) is 0.596. The molecular weight excluding hydrogens is 498 g/mol. The summed E-state index contributed by atoms with van der Waals surface area (Å²) in [4.78, 5) is 35.2. The molecule has 196 valence electrons. The van der Waals surface area contributed by atoms with Crippen LogP contribution in [0, 0.1) is 13.8 Å². The number of aryl methyl sites for hydroxylation is 2. The first-order valence-corrected chi connectivity index (χ1v) is 14.6. The fourth-order valence-electron chi connectivity index (χ4n) is 5.25. The smallest absolute Gasteiger partial charge is 0.317 e. The Balaban J connectivity index is 1.68.